The van der Waals surface area contributed by atoms with E-state index < -0.39 is 5.41 Å². The van der Waals surface area contributed by atoms with E-state index in [4.69, 9.17) is 14.2 Å². The first-order chi connectivity index (χ1) is 8.20. The molecular weight excluding hydrogens is 220 g/mol. The summed E-state index contributed by atoms with van der Waals surface area (Å²) in [7, 11) is 3.04. The average molecular weight is 236 g/mol. The molecule has 0 N–H and O–H groups in total. The van der Waals surface area contributed by atoms with Gasteiger partial charge >= 0.3 is 5.97 Å². The van der Waals surface area contributed by atoms with Crippen molar-refractivity contribution in [3.05, 3.63) is 29.8 Å². The van der Waals surface area contributed by atoms with Gasteiger partial charge in [-0.2, -0.15) is 0 Å². The number of benzene rings is 1. The fourth-order valence-electron chi connectivity index (χ4n) is 1.99. The molecule has 17 heavy (non-hydrogen) atoms. The maximum absolute atomic E-state index is 11.7. The summed E-state index contributed by atoms with van der Waals surface area (Å²) in [5.74, 6) is 0.616. The number of hydrogen-bond donors (Lipinski definition) is 0. The van der Waals surface area contributed by atoms with Gasteiger partial charge in [0.15, 0.2) is 0 Å². The molecule has 1 aromatic carbocycles. The highest BCUT2D eigenvalue weighted by Gasteiger charge is 2.47. The monoisotopic (exact) mass is 236 g/mol. The Kier molecular flexibility index (Phi) is 3.33. The molecule has 1 aliphatic heterocycles. The molecule has 0 spiro atoms. The molecule has 1 heterocycles. The van der Waals surface area contributed by atoms with E-state index in [1.807, 2.05) is 24.3 Å². The van der Waals surface area contributed by atoms with E-state index >= 15 is 0 Å². The minimum Gasteiger partial charge on any atom is -0.497 e. The highest BCUT2D eigenvalue weighted by molar-refractivity contribution is 5.78. The fraction of sp³-hybridized carbons (Fsp3) is 0.462. The first-order valence-corrected chi connectivity index (χ1v) is 5.49. The Morgan fingerprint density at radius 3 is 2.35 bits per heavy atom. The van der Waals surface area contributed by atoms with Crippen LogP contribution in [0.3, 0.4) is 0 Å². The highest BCUT2D eigenvalue weighted by atomic mass is 16.5. The molecule has 1 fully saturated rings. The molecule has 0 aromatic heterocycles. The molecule has 1 aliphatic rings. The van der Waals surface area contributed by atoms with Gasteiger partial charge in [-0.25, -0.2) is 0 Å². The van der Waals surface area contributed by atoms with Crippen molar-refractivity contribution in [1.29, 1.82) is 0 Å². The second-order valence-electron chi connectivity index (χ2n) is 4.29. The lowest BCUT2D eigenvalue weighted by atomic mass is 9.80. The third-order valence-corrected chi connectivity index (χ3v) is 3.08. The van der Waals surface area contributed by atoms with E-state index in [-0.39, 0.29) is 5.97 Å². The van der Waals surface area contributed by atoms with Crippen LogP contribution in [0.15, 0.2) is 24.3 Å². The van der Waals surface area contributed by atoms with Gasteiger partial charge in [-0.05, 0) is 24.1 Å². The van der Waals surface area contributed by atoms with Crippen LogP contribution < -0.4 is 4.74 Å². The molecule has 0 bridgehead atoms. The molecule has 1 saturated heterocycles. The van der Waals surface area contributed by atoms with Gasteiger partial charge in [0.1, 0.15) is 11.2 Å². The molecule has 0 radical (unpaired) electrons. The zero-order chi connectivity index (χ0) is 12.3. The van der Waals surface area contributed by atoms with Gasteiger partial charge in [0.2, 0.25) is 0 Å². The third-order valence-electron chi connectivity index (χ3n) is 3.08. The lowest BCUT2D eigenvalue weighted by Crippen LogP contribution is -2.51. The summed E-state index contributed by atoms with van der Waals surface area (Å²) in [5, 5.41) is 0. The van der Waals surface area contributed by atoms with Gasteiger partial charge in [-0.1, -0.05) is 12.1 Å². The van der Waals surface area contributed by atoms with E-state index in [2.05, 4.69) is 0 Å². The van der Waals surface area contributed by atoms with Gasteiger partial charge < -0.3 is 14.2 Å². The molecule has 1 aromatic rings. The molecule has 0 unspecified atom stereocenters. The van der Waals surface area contributed by atoms with Gasteiger partial charge in [-0.3, -0.25) is 4.79 Å². The van der Waals surface area contributed by atoms with Crippen LogP contribution in [0.4, 0.5) is 0 Å². The third kappa shape index (κ3) is 2.26. The van der Waals surface area contributed by atoms with Crippen molar-refractivity contribution in [2.24, 2.45) is 5.41 Å². The summed E-state index contributed by atoms with van der Waals surface area (Å²) < 4.78 is 15.1. The van der Waals surface area contributed by atoms with Gasteiger partial charge in [0.05, 0.1) is 27.4 Å². The van der Waals surface area contributed by atoms with Gasteiger partial charge in [0, 0.05) is 0 Å². The Hall–Kier alpha value is -1.55. The molecule has 0 aliphatic carbocycles. The number of carbonyl (C=O) groups is 1. The Morgan fingerprint density at radius 1 is 1.29 bits per heavy atom. The molecule has 0 atom stereocenters. The minimum atomic E-state index is -0.497. The fourth-order valence-corrected chi connectivity index (χ4v) is 1.99. The second kappa shape index (κ2) is 4.75. The highest BCUT2D eigenvalue weighted by Crippen LogP contribution is 2.33. The predicted molar refractivity (Wildman–Crippen MR) is 62.0 cm³/mol. The Morgan fingerprint density at radius 2 is 1.94 bits per heavy atom. The van der Waals surface area contributed by atoms with Crippen molar-refractivity contribution < 1.29 is 19.0 Å². The van der Waals surface area contributed by atoms with Crippen LogP contribution in [0.5, 0.6) is 5.75 Å². The van der Waals surface area contributed by atoms with Crippen molar-refractivity contribution in [1.82, 2.24) is 0 Å². The van der Waals surface area contributed by atoms with E-state index in [0.29, 0.717) is 19.6 Å². The smallest absolute Gasteiger partial charge is 0.316 e. The largest absolute Gasteiger partial charge is 0.497 e. The molecule has 2 rings (SSSR count). The summed E-state index contributed by atoms with van der Waals surface area (Å²) in [6.07, 6.45) is 0.643. The van der Waals surface area contributed by atoms with Gasteiger partial charge in [-0.15, -0.1) is 0 Å². The standard InChI is InChI=1S/C13H16O4/c1-15-11-5-3-10(4-6-11)7-13(8-17-9-13)12(14)16-2/h3-6H,7-9H2,1-2H3. The Labute approximate surface area is 100 Å². The van der Waals surface area contributed by atoms with Crippen molar-refractivity contribution in [3.8, 4) is 5.75 Å². The van der Waals surface area contributed by atoms with Gasteiger partial charge in [0.25, 0.3) is 0 Å². The van der Waals surface area contributed by atoms with Crippen LogP contribution in [0.25, 0.3) is 0 Å². The van der Waals surface area contributed by atoms with Crippen molar-refractivity contribution in [2.75, 3.05) is 27.4 Å². The Bertz CT molecular complexity index is 392. The zero-order valence-electron chi connectivity index (χ0n) is 10.1. The van der Waals surface area contributed by atoms with E-state index in [1.165, 1.54) is 7.11 Å². The molecular formula is C13H16O4. The second-order valence-corrected chi connectivity index (χ2v) is 4.29. The van der Waals surface area contributed by atoms with Crippen LogP contribution >= 0.6 is 0 Å². The van der Waals surface area contributed by atoms with Crippen LogP contribution in [0, 0.1) is 5.41 Å². The SMILES string of the molecule is COC(=O)C1(Cc2ccc(OC)cc2)COC1. The van der Waals surface area contributed by atoms with Crippen LogP contribution in [-0.4, -0.2) is 33.4 Å². The van der Waals surface area contributed by atoms with Crippen LogP contribution in [0.1, 0.15) is 5.56 Å². The maximum Gasteiger partial charge on any atom is 0.316 e. The topological polar surface area (TPSA) is 44.8 Å². The van der Waals surface area contributed by atoms with E-state index in [9.17, 15) is 4.79 Å². The van der Waals surface area contributed by atoms with Crippen molar-refractivity contribution in [2.45, 2.75) is 6.42 Å². The molecule has 0 amide bonds. The van der Waals surface area contributed by atoms with Crippen molar-refractivity contribution >= 4 is 5.97 Å². The number of hydrogen-bond acceptors (Lipinski definition) is 4. The molecule has 4 heteroatoms. The van der Waals surface area contributed by atoms with Crippen LogP contribution in [0.2, 0.25) is 0 Å². The predicted octanol–water partition coefficient (Wildman–Crippen LogP) is 1.43. The average Bonchev–Trinajstić information content (AvgIpc) is 2.33. The lowest BCUT2D eigenvalue weighted by Gasteiger charge is -2.38. The summed E-state index contributed by atoms with van der Waals surface area (Å²) in [5.41, 5.74) is 0.586. The van der Waals surface area contributed by atoms with Crippen molar-refractivity contribution in [3.63, 3.8) is 0 Å². The lowest BCUT2D eigenvalue weighted by molar-refractivity contribution is -0.182. The number of ether oxygens (including phenoxy) is 3. The zero-order valence-corrected chi connectivity index (χ0v) is 10.1. The summed E-state index contributed by atoms with van der Waals surface area (Å²) in [4.78, 5) is 11.7. The molecule has 0 saturated carbocycles. The number of methoxy groups -OCH3 is 2. The molecule has 92 valence electrons. The Balaban J connectivity index is 2.10. The van der Waals surface area contributed by atoms with E-state index in [1.54, 1.807) is 7.11 Å². The number of esters is 1. The van der Waals surface area contributed by atoms with Crippen LogP contribution in [-0.2, 0) is 20.7 Å². The summed E-state index contributed by atoms with van der Waals surface area (Å²) in [6.45, 7) is 0.872. The van der Waals surface area contributed by atoms with E-state index in [0.717, 1.165) is 11.3 Å². The normalized spacial score (nSPS) is 17.1. The number of rotatable bonds is 4. The quantitative estimate of drug-likeness (QED) is 0.742. The summed E-state index contributed by atoms with van der Waals surface area (Å²) >= 11 is 0. The minimum absolute atomic E-state index is 0.195. The first-order valence-electron chi connectivity index (χ1n) is 5.49. The number of carbonyl (C=O) groups excluding carboxylic acids is 1. The maximum atomic E-state index is 11.7. The molecule has 4 nitrogen and oxygen atoms in total. The first kappa shape index (κ1) is 11.9. The summed E-state index contributed by atoms with van der Waals surface area (Å²) in [6, 6.07) is 7.70.